The van der Waals surface area contributed by atoms with E-state index < -0.39 is 0 Å². The van der Waals surface area contributed by atoms with E-state index in [4.69, 9.17) is 12.2 Å². The summed E-state index contributed by atoms with van der Waals surface area (Å²) < 4.78 is 2.91. The number of hydrogen-bond donors (Lipinski definition) is 1. The van der Waals surface area contributed by atoms with Gasteiger partial charge in [0.05, 0.1) is 0 Å². The van der Waals surface area contributed by atoms with Crippen LogP contribution in [0.25, 0.3) is 0 Å². The van der Waals surface area contributed by atoms with Gasteiger partial charge in [-0.2, -0.15) is 0 Å². The Hall–Kier alpha value is -1.62. The van der Waals surface area contributed by atoms with Gasteiger partial charge < -0.3 is 4.90 Å². The van der Waals surface area contributed by atoms with E-state index in [1.807, 2.05) is 7.05 Å². The summed E-state index contributed by atoms with van der Waals surface area (Å²) >= 11 is 5.42. The molecule has 0 bridgehead atoms. The fourth-order valence-corrected chi connectivity index (χ4v) is 3.25. The molecular weight excluding hydrogens is 268 g/mol. The highest BCUT2D eigenvalue weighted by atomic mass is 32.1. The summed E-state index contributed by atoms with van der Waals surface area (Å²) in [6.07, 6.45) is 4.96. The number of benzene rings is 1. The number of aryl methyl sites for hydroxylation is 1. The van der Waals surface area contributed by atoms with E-state index in [0.717, 1.165) is 16.4 Å². The second kappa shape index (κ2) is 5.40. The van der Waals surface area contributed by atoms with E-state index in [1.165, 1.54) is 31.2 Å². The SMILES string of the molecule is Cc1cccc(N(C)c2n[nH]c(=S)n2C2CCCC2)c1. The normalized spacial score (nSPS) is 15.7. The molecule has 0 radical (unpaired) electrons. The molecule has 5 heteroatoms. The van der Waals surface area contributed by atoms with Crippen molar-refractivity contribution in [2.24, 2.45) is 0 Å². The van der Waals surface area contributed by atoms with Crippen LogP contribution in [-0.2, 0) is 0 Å². The molecule has 0 saturated heterocycles. The Labute approximate surface area is 124 Å². The molecule has 106 valence electrons. The van der Waals surface area contributed by atoms with Crippen molar-refractivity contribution < 1.29 is 0 Å². The molecule has 1 saturated carbocycles. The lowest BCUT2D eigenvalue weighted by molar-refractivity contribution is 0.513. The Morgan fingerprint density at radius 1 is 1.35 bits per heavy atom. The summed E-state index contributed by atoms with van der Waals surface area (Å²) in [6.45, 7) is 2.10. The van der Waals surface area contributed by atoms with E-state index in [1.54, 1.807) is 0 Å². The molecule has 3 rings (SSSR count). The zero-order chi connectivity index (χ0) is 14.1. The van der Waals surface area contributed by atoms with E-state index in [9.17, 15) is 0 Å². The number of nitrogens with zero attached hydrogens (tertiary/aromatic N) is 3. The quantitative estimate of drug-likeness (QED) is 0.863. The van der Waals surface area contributed by atoms with Gasteiger partial charge in [-0.05, 0) is 49.7 Å². The fraction of sp³-hybridized carbons (Fsp3) is 0.467. The maximum Gasteiger partial charge on any atom is 0.230 e. The molecule has 1 N–H and O–H groups in total. The number of hydrogen-bond acceptors (Lipinski definition) is 3. The van der Waals surface area contributed by atoms with Crippen LogP contribution in [-0.4, -0.2) is 21.8 Å². The van der Waals surface area contributed by atoms with Gasteiger partial charge in [-0.15, -0.1) is 5.10 Å². The first-order valence-electron chi connectivity index (χ1n) is 7.14. The maximum absolute atomic E-state index is 5.42. The predicted octanol–water partition coefficient (Wildman–Crippen LogP) is 4.13. The zero-order valence-electron chi connectivity index (χ0n) is 12.0. The molecule has 0 unspecified atom stereocenters. The molecule has 0 amide bonds. The Kier molecular flexibility index (Phi) is 3.61. The Bertz CT molecular complexity index is 652. The highest BCUT2D eigenvalue weighted by Crippen LogP contribution is 2.34. The minimum Gasteiger partial charge on any atom is -0.314 e. The number of nitrogens with one attached hydrogen (secondary N) is 1. The van der Waals surface area contributed by atoms with Gasteiger partial charge >= 0.3 is 0 Å². The van der Waals surface area contributed by atoms with E-state index in [2.05, 4.69) is 50.9 Å². The molecule has 4 nitrogen and oxygen atoms in total. The molecule has 1 fully saturated rings. The molecule has 0 atom stereocenters. The fourth-order valence-electron chi connectivity index (χ4n) is 2.98. The van der Waals surface area contributed by atoms with Crippen molar-refractivity contribution in [2.75, 3.05) is 11.9 Å². The average Bonchev–Trinajstić information content (AvgIpc) is 3.06. The third-order valence-electron chi connectivity index (χ3n) is 4.06. The lowest BCUT2D eigenvalue weighted by Gasteiger charge is -2.22. The minimum absolute atomic E-state index is 0.489. The summed E-state index contributed by atoms with van der Waals surface area (Å²) in [6, 6.07) is 8.93. The molecule has 1 aliphatic rings. The smallest absolute Gasteiger partial charge is 0.230 e. The van der Waals surface area contributed by atoms with Gasteiger partial charge in [0.1, 0.15) is 0 Å². The predicted molar refractivity (Wildman–Crippen MR) is 84.2 cm³/mol. The maximum atomic E-state index is 5.42. The Balaban J connectivity index is 1.99. The van der Waals surface area contributed by atoms with Crippen molar-refractivity contribution in [1.82, 2.24) is 14.8 Å². The van der Waals surface area contributed by atoms with Gasteiger partial charge in [-0.3, -0.25) is 4.57 Å². The number of aromatic nitrogens is 3. The molecule has 0 spiro atoms. The molecule has 1 heterocycles. The lowest BCUT2D eigenvalue weighted by atomic mass is 10.2. The molecule has 1 aromatic heterocycles. The van der Waals surface area contributed by atoms with Gasteiger partial charge in [0.2, 0.25) is 5.95 Å². The van der Waals surface area contributed by atoms with Crippen LogP contribution in [0.4, 0.5) is 11.6 Å². The number of anilines is 2. The lowest BCUT2D eigenvalue weighted by Crippen LogP contribution is -2.18. The molecule has 1 aliphatic carbocycles. The van der Waals surface area contributed by atoms with Crippen molar-refractivity contribution in [3.8, 4) is 0 Å². The van der Waals surface area contributed by atoms with Gasteiger partial charge in [0.25, 0.3) is 0 Å². The highest BCUT2D eigenvalue weighted by Gasteiger charge is 2.23. The monoisotopic (exact) mass is 288 g/mol. The van der Waals surface area contributed by atoms with Crippen molar-refractivity contribution in [1.29, 1.82) is 0 Å². The van der Waals surface area contributed by atoms with Crippen LogP contribution >= 0.6 is 12.2 Å². The van der Waals surface area contributed by atoms with Crippen LogP contribution in [0.3, 0.4) is 0 Å². The second-order valence-electron chi connectivity index (χ2n) is 5.54. The van der Waals surface area contributed by atoms with Gasteiger partial charge in [-0.1, -0.05) is 25.0 Å². The third-order valence-corrected chi connectivity index (χ3v) is 4.35. The summed E-state index contributed by atoms with van der Waals surface area (Å²) in [4.78, 5) is 2.11. The highest BCUT2D eigenvalue weighted by molar-refractivity contribution is 7.71. The Morgan fingerprint density at radius 3 is 2.80 bits per heavy atom. The van der Waals surface area contributed by atoms with Crippen LogP contribution < -0.4 is 4.90 Å². The first kappa shape index (κ1) is 13.4. The van der Waals surface area contributed by atoms with Crippen LogP contribution in [0.15, 0.2) is 24.3 Å². The van der Waals surface area contributed by atoms with E-state index in [0.29, 0.717) is 6.04 Å². The Morgan fingerprint density at radius 2 is 2.10 bits per heavy atom. The minimum atomic E-state index is 0.489. The first-order valence-corrected chi connectivity index (χ1v) is 7.55. The van der Waals surface area contributed by atoms with E-state index >= 15 is 0 Å². The van der Waals surface area contributed by atoms with Crippen molar-refractivity contribution in [3.63, 3.8) is 0 Å². The number of aromatic amines is 1. The summed E-state index contributed by atoms with van der Waals surface area (Å²) in [7, 11) is 2.05. The van der Waals surface area contributed by atoms with Gasteiger partial charge in [0, 0.05) is 18.8 Å². The van der Waals surface area contributed by atoms with Crippen molar-refractivity contribution >= 4 is 23.9 Å². The summed E-state index contributed by atoms with van der Waals surface area (Å²) in [5.41, 5.74) is 2.38. The van der Waals surface area contributed by atoms with E-state index in [-0.39, 0.29) is 0 Å². The molecule has 2 aromatic rings. The van der Waals surface area contributed by atoms with Crippen molar-refractivity contribution in [2.45, 2.75) is 38.6 Å². The molecular formula is C15H20N4S. The van der Waals surface area contributed by atoms with Gasteiger partial charge in [-0.25, -0.2) is 5.10 Å². The van der Waals surface area contributed by atoms with Crippen LogP contribution in [0.1, 0.15) is 37.3 Å². The molecule has 20 heavy (non-hydrogen) atoms. The third kappa shape index (κ3) is 2.38. The first-order chi connectivity index (χ1) is 9.66. The van der Waals surface area contributed by atoms with Crippen molar-refractivity contribution in [3.05, 3.63) is 34.6 Å². The largest absolute Gasteiger partial charge is 0.314 e. The summed E-state index contributed by atoms with van der Waals surface area (Å²) in [5.74, 6) is 0.910. The standard InChI is InChI=1S/C15H20N4S/c1-11-6-5-9-13(10-11)18(2)14-16-17-15(20)19(14)12-7-3-4-8-12/h5-6,9-10,12H,3-4,7-8H2,1-2H3,(H,17,20). The molecule has 1 aromatic carbocycles. The average molecular weight is 288 g/mol. The second-order valence-corrected chi connectivity index (χ2v) is 5.92. The molecule has 0 aliphatic heterocycles. The topological polar surface area (TPSA) is 36.9 Å². The van der Waals surface area contributed by atoms with Crippen LogP contribution in [0, 0.1) is 11.7 Å². The van der Waals surface area contributed by atoms with Crippen LogP contribution in [0.2, 0.25) is 0 Å². The zero-order valence-corrected chi connectivity index (χ0v) is 12.8. The number of H-pyrrole nitrogens is 1. The van der Waals surface area contributed by atoms with Gasteiger partial charge in [0.15, 0.2) is 4.77 Å². The van der Waals surface area contributed by atoms with Crippen LogP contribution in [0.5, 0.6) is 0 Å². The number of rotatable bonds is 3. The summed E-state index contributed by atoms with van der Waals surface area (Å²) in [5, 5.41) is 7.39.